The van der Waals surface area contributed by atoms with Gasteiger partial charge in [-0.1, -0.05) is 26.0 Å². The first-order valence-corrected chi connectivity index (χ1v) is 6.05. The summed E-state index contributed by atoms with van der Waals surface area (Å²) in [5.74, 6) is 0.984. The lowest BCUT2D eigenvalue weighted by molar-refractivity contribution is 0.422. The van der Waals surface area contributed by atoms with Crippen LogP contribution in [0.2, 0.25) is 0 Å². The van der Waals surface area contributed by atoms with Gasteiger partial charge >= 0.3 is 0 Å². The number of aryl methyl sites for hydroxylation is 1. The van der Waals surface area contributed by atoms with Crippen molar-refractivity contribution >= 4 is 5.82 Å². The van der Waals surface area contributed by atoms with Crippen LogP contribution in [0.5, 0.6) is 11.6 Å². The molecule has 4 nitrogen and oxygen atoms in total. The summed E-state index contributed by atoms with van der Waals surface area (Å²) in [5, 5.41) is 0. The zero-order chi connectivity index (χ0) is 14.0. The molecule has 0 unspecified atom stereocenters. The molecule has 0 saturated heterocycles. The minimum absolute atomic E-state index is 0.119. The molecule has 0 saturated carbocycles. The van der Waals surface area contributed by atoms with E-state index in [-0.39, 0.29) is 17.5 Å². The van der Waals surface area contributed by atoms with Crippen LogP contribution in [0.4, 0.5) is 10.2 Å². The van der Waals surface area contributed by atoms with Crippen LogP contribution in [0, 0.1) is 12.7 Å². The summed E-state index contributed by atoms with van der Waals surface area (Å²) in [6, 6.07) is 6.43. The van der Waals surface area contributed by atoms with Crippen molar-refractivity contribution in [1.82, 2.24) is 9.97 Å². The number of nitrogens with two attached hydrogens (primary N) is 1. The maximum atomic E-state index is 13.8. The van der Waals surface area contributed by atoms with Crippen LogP contribution < -0.4 is 10.5 Å². The highest BCUT2D eigenvalue weighted by atomic mass is 19.1. The highest BCUT2D eigenvalue weighted by Crippen LogP contribution is 2.26. The molecule has 2 rings (SSSR count). The van der Waals surface area contributed by atoms with Crippen LogP contribution in [0.15, 0.2) is 24.3 Å². The number of rotatable bonds is 3. The van der Waals surface area contributed by atoms with Crippen LogP contribution in [-0.2, 0) is 0 Å². The van der Waals surface area contributed by atoms with E-state index in [1.807, 2.05) is 13.8 Å². The Hall–Kier alpha value is -2.17. The molecule has 1 aromatic heterocycles. The van der Waals surface area contributed by atoms with Crippen LogP contribution in [-0.4, -0.2) is 9.97 Å². The molecule has 0 amide bonds. The Bertz CT molecular complexity index is 599. The summed E-state index contributed by atoms with van der Waals surface area (Å²) in [6.45, 7) is 5.58. The second kappa shape index (κ2) is 5.22. The molecule has 0 spiro atoms. The van der Waals surface area contributed by atoms with E-state index < -0.39 is 5.82 Å². The van der Waals surface area contributed by atoms with Crippen LogP contribution >= 0.6 is 0 Å². The molecule has 0 aliphatic rings. The first kappa shape index (κ1) is 13.3. The van der Waals surface area contributed by atoms with E-state index in [1.165, 1.54) is 6.07 Å². The van der Waals surface area contributed by atoms with Gasteiger partial charge in [-0.3, -0.25) is 0 Å². The van der Waals surface area contributed by atoms with E-state index in [0.717, 1.165) is 0 Å². The third-order valence-electron chi connectivity index (χ3n) is 2.63. The Balaban J connectivity index is 2.35. The fourth-order valence-electron chi connectivity index (χ4n) is 1.58. The monoisotopic (exact) mass is 261 g/mol. The molecule has 5 heteroatoms. The number of nitrogen functional groups attached to an aromatic ring is 1. The summed E-state index contributed by atoms with van der Waals surface area (Å²) in [5.41, 5.74) is 6.21. The topological polar surface area (TPSA) is 61.0 Å². The number of anilines is 1. The lowest BCUT2D eigenvalue weighted by atomic mass is 10.2. The fraction of sp³-hybridized carbons (Fsp3) is 0.286. The third-order valence-corrected chi connectivity index (χ3v) is 2.63. The Morgan fingerprint density at radius 1 is 1.26 bits per heavy atom. The maximum absolute atomic E-state index is 13.8. The molecular weight excluding hydrogens is 245 g/mol. The molecular formula is C14H16FN3O. The lowest BCUT2D eigenvalue weighted by Crippen LogP contribution is -2.03. The Kier molecular flexibility index (Phi) is 3.64. The van der Waals surface area contributed by atoms with E-state index in [2.05, 4.69) is 9.97 Å². The zero-order valence-corrected chi connectivity index (χ0v) is 11.1. The minimum Gasteiger partial charge on any atom is -0.436 e. The summed E-state index contributed by atoms with van der Waals surface area (Å²) in [6.07, 6.45) is 0. The van der Waals surface area contributed by atoms with Gasteiger partial charge in [0.2, 0.25) is 5.88 Å². The molecule has 0 atom stereocenters. The van der Waals surface area contributed by atoms with E-state index >= 15 is 0 Å². The highest BCUT2D eigenvalue weighted by Gasteiger charge is 2.11. The van der Waals surface area contributed by atoms with Gasteiger partial charge < -0.3 is 10.5 Å². The van der Waals surface area contributed by atoms with Gasteiger partial charge in [0.15, 0.2) is 11.6 Å². The van der Waals surface area contributed by atoms with E-state index in [0.29, 0.717) is 17.2 Å². The zero-order valence-electron chi connectivity index (χ0n) is 11.1. The number of aromatic nitrogens is 2. The standard InChI is InChI=1S/C14H16FN3O/c1-8(2)14-17-11(16)7-12(18-14)19-10-6-4-5-9(3)13(10)15/h4-8H,1-3H3,(H2,16,17,18). The van der Waals surface area contributed by atoms with Gasteiger partial charge in [0.05, 0.1) is 0 Å². The summed E-state index contributed by atoms with van der Waals surface area (Å²) in [4.78, 5) is 8.33. The van der Waals surface area contributed by atoms with E-state index in [4.69, 9.17) is 10.5 Å². The predicted molar refractivity (Wildman–Crippen MR) is 71.7 cm³/mol. The number of ether oxygens (including phenoxy) is 1. The number of halogens is 1. The van der Waals surface area contributed by atoms with Gasteiger partial charge in [-0.2, -0.15) is 4.98 Å². The second-order valence-corrected chi connectivity index (χ2v) is 4.63. The largest absolute Gasteiger partial charge is 0.436 e. The van der Waals surface area contributed by atoms with Gasteiger partial charge in [-0.15, -0.1) is 0 Å². The summed E-state index contributed by atoms with van der Waals surface area (Å²) >= 11 is 0. The maximum Gasteiger partial charge on any atom is 0.224 e. The fourth-order valence-corrected chi connectivity index (χ4v) is 1.58. The van der Waals surface area contributed by atoms with Gasteiger partial charge in [-0.25, -0.2) is 9.37 Å². The lowest BCUT2D eigenvalue weighted by Gasteiger charge is -2.10. The summed E-state index contributed by atoms with van der Waals surface area (Å²) in [7, 11) is 0. The molecule has 2 aromatic rings. The number of nitrogens with zero attached hydrogens (tertiary/aromatic N) is 2. The molecule has 1 heterocycles. The van der Waals surface area contributed by atoms with Gasteiger partial charge in [0.1, 0.15) is 11.6 Å². The molecule has 1 aromatic carbocycles. The Morgan fingerprint density at radius 2 is 2.00 bits per heavy atom. The van der Waals surface area contributed by atoms with Crippen molar-refractivity contribution in [2.75, 3.05) is 5.73 Å². The molecule has 2 N–H and O–H groups in total. The predicted octanol–water partition coefficient (Wildman–Crippen LogP) is 3.42. The summed E-state index contributed by atoms with van der Waals surface area (Å²) < 4.78 is 19.3. The number of benzene rings is 1. The number of hydrogen-bond acceptors (Lipinski definition) is 4. The van der Waals surface area contributed by atoms with Gasteiger partial charge in [-0.05, 0) is 18.6 Å². The SMILES string of the molecule is Cc1cccc(Oc2cc(N)nc(C(C)C)n2)c1F. The van der Waals surface area contributed by atoms with Crippen molar-refractivity contribution in [3.8, 4) is 11.6 Å². The average molecular weight is 261 g/mol. The molecule has 0 radical (unpaired) electrons. The Morgan fingerprint density at radius 3 is 2.68 bits per heavy atom. The van der Waals surface area contributed by atoms with Gasteiger partial charge in [0, 0.05) is 12.0 Å². The van der Waals surface area contributed by atoms with Crippen LogP contribution in [0.3, 0.4) is 0 Å². The van der Waals surface area contributed by atoms with Crippen molar-refractivity contribution in [3.63, 3.8) is 0 Å². The normalized spacial score (nSPS) is 10.8. The molecule has 0 aliphatic carbocycles. The van der Waals surface area contributed by atoms with Crippen molar-refractivity contribution in [2.45, 2.75) is 26.7 Å². The quantitative estimate of drug-likeness (QED) is 0.919. The van der Waals surface area contributed by atoms with Crippen molar-refractivity contribution in [2.24, 2.45) is 0 Å². The van der Waals surface area contributed by atoms with E-state index in [1.54, 1.807) is 25.1 Å². The minimum atomic E-state index is -0.397. The van der Waals surface area contributed by atoms with Crippen LogP contribution in [0.1, 0.15) is 31.2 Å². The highest BCUT2D eigenvalue weighted by molar-refractivity contribution is 5.38. The molecule has 0 bridgehead atoms. The number of hydrogen-bond donors (Lipinski definition) is 1. The van der Waals surface area contributed by atoms with Crippen LogP contribution in [0.25, 0.3) is 0 Å². The second-order valence-electron chi connectivity index (χ2n) is 4.63. The van der Waals surface area contributed by atoms with Gasteiger partial charge in [0.25, 0.3) is 0 Å². The van der Waals surface area contributed by atoms with Crippen molar-refractivity contribution in [3.05, 3.63) is 41.5 Å². The third kappa shape index (κ3) is 2.99. The molecule has 0 fully saturated rings. The average Bonchev–Trinajstić information content (AvgIpc) is 2.34. The Labute approximate surface area is 111 Å². The smallest absolute Gasteiger partial charge is 0.224 e. The van der Waals surface area contributed by atoms with Crippen molar-refractivity contribution in [1.29, 1.82) is 0 Å². The molecule has 100 valence electrons. The molecule has 19 heavy (non-hydrogen) atoms. The first-order chi connectivity index (χ1) is 8.97. The first-order valence-electron chi connectivity index (χ1n) is 6.05. The van der Waals surface area contributed by atoms with E-state index in [9.17, 15) is 4.39 Å². The van der Waals surface area contributed by atoms with Crippen molar-refractivity contribution < 1.29 is 9.13 Å². The molecule has 0 aliphatic heterocycles.